The molecule has 11 heteroatoms. The molecule has 2 atom stereocenters. The number of hydrogen-bond acceptors (Lipinski definition) is 9. The van der Waals surface area contributed by atoms with Crippen LogP contribution in [0.4, 0.5) is 5.82 Å². The van der Waals surface area contributed by atoms with E-state index in [2.05, 4.69) is 21.6 Å². The predicted molar refractivity (Wildman–Crippen MR) is 90.9 cm³/mol. The minimum absolute atomic E-state index is 0.133. The Morgan fingerprint density at radius 3 is 2.96 bits per heavy atom. The third-order valence-corrected chi connectivity index (χ3v) is 5.54. The average Bonchev–Trinajstić information content (AvgIpc) is 3.06. The zero-order chi connectivity index (χ0) is 16.7. The summed E-state index contributed by atoms with van der Waals surface area (Å²) < 4.78 is 1.33. The molecule has 0 amide bonds. The van der Waals surface area contributed by atoms with Crippen LogP contribution in [0.2, 0.25) is 0 Å². The number of hydrazine groups is 1. The molecule has 0 spiro atoms. The van der Waals surface area contributed by atoms with Gasteiger partial charge in [-0.3, -0.25) is 4.84 Å². The van der Waals surface area contributed by atoms with Crippen molar-refractivity contribution in [2.45, 2.75) is 6.23 Å². The summed E-state index contributed by atoms with van der Waals surface area (Å²) in [5.74, 6) is 2.46. The van der Waals surface area contributed by atoms with Gasteiger partial charge in [-0.05, 0) is 4.92 Å². The second kappa shape index (κ2) is 6.26. The van der Waals surface area contributed by atoms with Gasteiger partial charge in [0.2, 0.25) is 6.23 Å². The Kier molecular flexibility index (Phi) is 4.10. The summed E-state index contributed by atoms with van der Waals surface area (Å²) >= 11 is 3.32. The molecule has 4 heterocycles. The lowest BCUT2D eigenvalue weighted by Crippen LogP contribution is -2.37. The van der Waals surface area contributed by atoms with Crippen molar-refractivity contribution in [3.63, 3.8) is 0 Å². The Hall–Kier alpha value is -1.79. The number of nitrogens with zero attached hydrogens (tertiary/aromatic N) is 6. The van der Waals surface area contributed by atoms with E-state index < -0.39 is 4.92 Å². The lowest BCUT2D eigenvalue weighted by molar-refractivity contribution is -0.390. The summed E-state index contributed by atoms with van der Waals surface area (Å²) in [7, 11) is 0. The van der Waals surface area contributed by atoms with E-state index in [-0.39, 0.29) is 12.0 Å². The molecular formula is C13H14N6O3S2. The first-order valence-electron chi connectivity index (χ1n) is 7.27. The Labute approximate surface area is 145 Å². The van der Waals surface area contributed by atoms with Crippen molar-refractivity contribution in [1.29, 1.82) is 0 Å². The Balaban J connectivity index is 1.54. The van der Waals surface area contributed by atoms with E-state index in [0.29, 0.717) is 10.8 Å². The lowest BCUT2D eigenvalue weighted by Gasteiger charge is -2.24. The van der Waals surface area contributed by atoms with Gasteiger partial charge in [0.05, 0.1) is 6.20 Å². The first-order valence-corrected chi connectivity index (χ1v) is 9.31. The smallest absolute Gasteiger partial charge is 0.347 e. The van der Waals surface area contributed by atoms with Gasteiger partial charge in [-0.15, -0.1) is 11.3 Å². The van der Waals surface area contributed by atoms with E-state index >= 15 is 0 Å². The molecule has 0 N–H and O–H groups in total. The number of aromatic nitrogens is 3. The van der Waals surface area contributed by atoms with Crippen LogP contribution in [0.25, 0.3) is 17.0 Å². The average molecular weight is 366 g/mol. The van der Waals surface area contributed by atoms with E-state index in [0.717, 1.165) is 30.3 Å². The lowest BCUT2D eigenvalue weighted by atomic mass is 10.4. The molecule has 4 rings (SSSR count). The van der Waals surface area contributed by atoms with Crippen LogP contribution in [-0.4, -0.2) is 54.2 Å². The quantitative estimate of drug-likeness (QED) is 0.452. The summed E-state index contributed by atoms with van der Waals surface area (Å²) in [6, 6.07) is 0. The van der Waals surface area contributed by atoms with Gasteiger partial charge < -0.3 is 10.1 Å². The minimum atomic E-state index is -0.493. The number of imidazole rings is 1. The van der Waals surface area contributed by atoms with E-state index in [1.165, 1.54) is 28.3 Å². The van der Waals surface area contributed by atoms with E-state index in [1.807, 2.05) is 22.3 Å². The van der Waals surface area contributed by atoms with Crippen LogP contribution in [-0.2, 0) is 4.84 Å². The van der Waals surface area contributed by atoms with Crippen molar-refractivity contribution in [2.24, 2.45) is 0 Å². The second-order valence-corrected chi connectivity index (χ2v) is 7.24. The first-order chi connectivity index (χ1) is 11.7. The van der Waals surface area contributed by atoms with Crippen LogP contribution in [0.3, 0.4) is 0 Å². The first kappa shape index (κ1) is 15.7. The normalized spacial score (nSPS) is 24.0. The summed E-state index contributed by atoms with van der Waals surface area (Å²) in [4.78, 5) is 24.8. The maximum atomic E-state index is 11.0. The van der Waals surface area contributed by atoms with Gasteiger partial charge in [0.1, 0.15) is 11.9 Å². The van der Waals surface area contributed by atoms with Crippen LogP contribution in [0, 0.1) is 10.1 Å². The van der Waals surface area contributed by atoms with Crippen LogP contribution < -0.4 is 0 Å². The predicted octanol–water partition coefficient (Wildman–Crippen LogP) is 2.22. The summed E-state index contributed by atoms with van der Waals surface area (Å²) in [6.07, 6.45) is 2.40. The molecule has 0 radical (unpaired) electrons. The minimum Gasteiger partial charge on any atom is -0.358 e. The van der Waals surface area contributed by atoms with E-state index in [9.17, 15) is 10.1 Å². The number of hydroxylamine groups is 1. The number of thioether (sulfide) groups is 1. The summed E-state index contributed by atoms with van der Waals surface area (Å²) in [5.41, 5.74) is 0.787. The fourth-order valence-corrected chi connectivity index (χ4v) is 4.24. The molecule has 2 saturated heterocycles. The SMILES string of the molecule is C=Cn1c([N+](=O)[O-])cnc1-c1nc(C2ON2N2CCSCC2)cs1. The molecule has 2 fully saturated rings. The molecule has 126 valence electrons. The fraction of sp³-hybridized carbons (Fsp3) is 0.385. The van der Waals surface area contributed by atoms with Gasteiger partial charge in [-0.2, -0.15) is 16.3 Å². The van der Waals surface area contributed by atoms with Crippen LogP contribution in [0.5, 0.6) is 0 Å². The molecule has 0 aromatic carbocycles. The zero-order valence-corrected chi connectivity index (χ0v) is 14.2. The van der Waals surface area contributed by atoms with Crippen LogP contribution in [0.15, 0.2) is 18.2 Å². The standard InChI is InChI=1S/C13H14N6O3S2/c1-2-17-10(19(20)21)7-14-11(17)12-15-9(8-24-12)13-18(22-13)16-3-5-23-6-4-16/h2,7-8,13H,1,3-6H2. The molecule has 2 aromatic rings. The third kappa shape index (κ3) is 2.74. The molecule has 9 nitrogen and oxygen atoms in total. The molecule has 2 aliphatic heterocycles. The highest BCUT2D eigenvalue weighted by atomic mass is 32.2. The van der Waals surface area contributed by atoms with Gasteiger partial charge in [0.15, 0.2) is 5.01 Å². The van der Waals surface area contributed by atoms with Crippen molar-refractivity contribution >= 4 is 35.1 Å². The van der Waals surface area contributed by atoms with Gasteiger partial charge in [-0.25, -0.2) is 15.0 Å². The topological polar surface area (TPSA) is 92.6 Å². The maximum Gasteiger partial charge on any atom is 0.347 e. The molecule has 0 saturated carbocycles. The van der Waals surface area contributed by atoms with Crippen LogP contribution in [0.1, 0.15) is 11.9 Å². The molecule has 2 aromatic heterocycles. The molecule has 0 bridgehead atoms. The molecule has 2 unspecified atom stereocenters. The summed E-state index contributed by atoms with van der Waals surface area (Å²) in [5, 5.41) is 17.5. The van der Waals surface area contributed by atoms with Crippen molar-refractivity contribution < 1.29 is 9.76 Å². The molecule has 24 heavy (non-hydrogen) atoms. The van der Waals surface area contributed by atoms with Gasteiger partial charge in [0.25, 0.3) is 5.82 Å². The van der Waals surface area contributed by atoms with E-state index in [1.54, 1.807) is 0 Å². The van der Waals surface area contributed by atoms with Crippen molar-refractivity contribution in [2.75, 3.05) is 24.6 Å². The Morgan fingerprint density at radius 2 is 2.25 bits per heavy atom. The third-order valence-electron chi connectivity index (χ3n) is 3.74. The summed E-state index contributed by atoms with van der Waals surface area (Å²) in [6.45, 7) is 5.54. The van der Waals surface area contributed by atoms with Crippen molar-refractivity contribution in [3.05, 3.63) is 34.0 Å². The Bertz CT molecular complexity index is 785. The number of rotatable bonds is 5. The maximum absolute atomic E-state index is 11.0. The molecule has 0 aliphatic carbocycles. The number of thiazole rings is 1. The second-order valence-electron chi connectivity index (χ2n) is 5.15. The van der Waals surface area contributed by atoms with Crippen molar-refractivity contribution in [3.8, 4) is 10.8 Å². The largest absolute Gasteiger partial charge is 0.358 e. The van der Waals surface area contributed by atoms with Gasteiger partial charge >= 0.3 is 5.82 Å². The molecular weight excluding hydrogens is 352 g/mol. The number of hydrogen-bond donors (Lipinski definition) is 0. The van der Waals surface area contributed by atoms with Crippen molar-refractivity contribution in [1.82, 2.24) is 24.7 Å². The Morgan fingerprint density at radius 1 is 1.46 bits per heavy atom. The number of nitro groups is 1. The fourth-order valence-electron chi connectivity index (χ4n) is 2.54. The van der Waals surface area contributed by atoms with Gasteiger partial charge in [0, 0.05) is 30.0 Å². The highest BCUT2D eigenvalue weighted by molar-refractivity contribution is 7.99. The van der Waals surface area contributed by atoms with Crippen LogP contribution >= 0.6 is 23.1 Å². The van der Waals surface area contributed by atoms with E-state index in [4.69, 9.17) is 4.84 Å². The monoisotopic (exact) mass is 366 g/mol. The highest BCUT2D eigenvalue weighted by Gasteiger charge is 2.45. The van der Waals surface area contributed by atoms with Gasteiger partial charge in [-0.1, -0.05) is 11.8 Å². The molecule has 2 aliphatic rings. The zero-order valence-electron chi connectivity index (χ0n) is 12.6. The highest BCUT2D eigenvalue weighted by Crippen LogP contribution is 2.41.